The number of anilines is 1. The first-order valence-corrected chi connectivity index (χ1v) is 14.2. The third kappa shape index (κ3) is 5.61. The molecular formula is C33H30F4N6O2. The van der Waals surface area contributed by atoms with Gasteiger partial charge in [-0.25, -0.2) is 9.07 Å². The van der Waals surface area contributed by atoms with Crippen molar-refractivity contribution in [3.05, 3.63) is 113 Å². The summed E-state index contributed by atoms with van der Waals surface area (Å²) in [5.41, 5.74) is -0.310. The molecule has 1 N–H and O–H groups in total. The first-order chi connectivity index (χ1) is 21.3. The van der Waals surface area contributed by atoms with E-state index < -0.39 is 46.9 Å². The molecule has 3 aromatic carbocycles. The number of rotatable bonds is 7. The zero-order chi connectivity index (χ0) is 32.7. The summed E-state index contributed by atoms with van der Waals surface area (Å²) >= 11 is 0. The number of aromatic nitrogens is 2. The van der Waals surface area contributed by atoms with E-state index in [0.29, 0.717) is 28.3 Å². The number of hydrogen-bond acceptors (Lipinski definition) is 5. The number of para-hydroxylation sites is 1. The van der Waals surface area contributed by atoms with Crippen molar-refractivity contribution in [2.24, 2.45) is 0 Å². The Hall–Kier alpha value is -5.18. The predicted octanol–water partition coefficient (Wildman–Crippen LogP) is 5.98. The summed E-state index contributed by atoms with van der Waals surface area (Å²) in [6, 6.07) is 17.1. The molecule has 8 nitrogen and oxygen atoms in total. The lowest BCUT2D eigenvalue weighted by Gasteiger charge is -2.40. The van der Waals surface area contributed by atoms with Gasteiger partial charge in [0, 0.05) is 30.6 Å². The molecule has 2 heterocycles. The maximum absolute atomic E-state index is 14.3. The number of amides is 2. The number of carbonyl (C=O) groups excluding carboxylic acids is 2. The monoisotopic (exact) mass is 618 g/mol. The van der Waals surface area contributed by atoms with Crippen molar-refractivity contribution in [1.82, 2.24) is 20.0 Å². The highest BCUT2D eigenvalue weighted by Crippen LogP contribution is 2.47. The summed E-state index contributed by atoms with van der Waals surface area (Å²) in [4.78, 5) is 30.8. The Balaban J connectivity index is 1.77. The normalized spacial score (nSPS) is 16.6. The molecule has 0 aliphatic carbocycles. The van der Waals surface area contributed by atoms with Crippen molar-refractivity contribution in [2.45, 2.75) is 44.4 Å². The van der Waals surface area contributed by atoms with Crippen molar-refractivity contribution in [2.75, 3.05) is 18.5 Å². The smallest absolute Gasteiger partial charge is 0.339 e. The lowest BCUT2D eigenvalue weighted by atomic mass is 9.78. The van der Waals surface area contributed by atoms with Crippen LogP contribution >= 0.6 is 0 Å². The molecule has 1 aromatic heterocycles. The second kappa shape index (κ2) is 11.7. The SMILES string of the molecule is CCN1C(=O)C(NC(=O)c2cccc(C(F)(F)F)c2)C(c2ccc(F)cc2)c2c(C(C)(C)N(C)C#N)nn(-c3ccccc3)c21. The molecule has 2 atom stereocenters. The number of hydrogen-bond donors (Lipinski definition) is 1. The zero-order valence-electron chi connectivity index (χ0n) is 24.9. The number of alkyl halides is 3. The van der Waals surface area contributed by atoms with Crippen LogP contribution in [0.2, 0.25) is 0 Å². The fourth-order valence-corrected chi connectivity index (χ4v) is 5.58. The topological polar surface area (TPSA) is 94.3 Å². The van der Waals surface area contributed by atoms with Crippen molar-refractivity contribution in [3.63, 3.8) is 0 Å². The van der Waals surface area contributed by atoms with E-state index in [9.17, 15) is 32.4 Å². The van der Waals surface area contributed by atoms with E-state index in [2.05, 4.69) is 11.5 Å². The van der Waals surface area contributed by atoms with Gasteiger partial charge in [-0.05, 0) is 68.8 Å². The summed E-state index contributed by atoms with van der Waals surface area (Å²) in [5, 5.41) is 17.5. The minimum absolute atomic E-state index is 0.157. The average molecular weight is 619 g/mol. The average Bonchev–Trinajstić information content (AvgIpc) is 3.42. The molecule has 0 saturated heterocycles. The molecule has 2 unspecified atom stereocenters. The van der Waals surface area contributed by atoms with Gasteiger partial charge in [-0.3, -0.25) is 14.5 Å². The highest BCUT2D eigenvalue weighted by molar-refractivity contribution is 6.05. The van der Waals surface area contributed by atoms with Crippen LogP contribution in [0.15, 0.2) is 78.9 Å². The summed E-state index contributed by atoms with van der Waals surface area (Å²) in [6.45, 7) is 5.49. The highest BCUT2D eigenvalue weighted by atomic mass is 19.4. The Morgan fingerprint density at radius 1 is 1.04 bits per heavy atom. The standard InChI is InChI=1S/C33H30F4N6O2/c1-5-42-30-26(28(32(2,3)41(4)19-38)40-43(30)24-12-7-6-8-13-24)25(20-14-16-23(34)17-15-20)27(31(42)45)39-29(44)21-10-9-11-22(18-21)33(35,36)37/h6-18,25,27H,5H2,1-4H3,(H,39,44). The fourth-order valence-electron chi connectivity index (χ4n) is 5.58. The van der Waals surface area contributed by atoms with Crippen molar-refractivity contribution >= 4 is 17.6 Å². The van der Waals surface area contributed by atoms with Crippen LogP contribution in [-0.4, -0.2) is 46.1 Å². The molecule has 0 spiro atoms. The van der Waals surface area contributed by atoms with E-state index in [-0.39, 0.29) is 12.1 Å². The first-order valence-electron chi connectivity index (χ1n) is 14.2. The van der Waals surface area contributed by atoms with Gasteiger partial charge < -0.3 is 10.2 Å². The van der Waals surface area contributed by atoms with Gasteiger partial charge in [-0.2, -0.15) is 23.5 Å². The molecule has 1 aliphatic heterocycles. The fraction of sp³-hybridized carbons (Fsp3) is 0.273. The van der Waals surface area contributed by atoms with Gasteiger partial charge in [0.2, 0.25) is 0 Å². The molecule has 1 aliphatic rings. The van der Waals surface area contributed by atoms with Gasteiger partial charge in [0.05, 0.1) is 22.5 Å². The van der Waals surface area contributed by atoms with Gasteiger partial charge in [-0.1, -0.05) is 36.4 Å². The third-order valence-electron chi connectivity index (χ3n) is 8.18. The van der Waals surface area contributed by atoms with Gasteiger partial charge in [0.15, 0.2) is 6.19 Å². The van der Waals surface area contributed by atoms with Crippen LogP contribution in [-0.2, 0) is 16.5 Å². The number of nitriles is 1. The van der Waals surface area contributed by atoms with Gasteiger partial charge in [0.25, 0.3) is 11.8 Å². The molecule has 5 rings (SSSR count). The van der Waals surface area contributed by atoms with Gasteiger partial charge >= 0.3 is 6.18 Å². The Labute approximate surface area is 257 Å². The lowest BCUT2D eigenvalue weighted by molar-refractivity contribution is -0.137. The maximum Gasteiger partial charge on any atom is 0.416 e. The van der Waals surface area contributed by atoms with Crippen LogP contribution in [0, 0.1) is 17.3 Å². The Bertz CT molecular complexity index is 1780. The van der Waals surface area contributed by atoms with E-state index in [0.717, 1.165) is 18.2 Å². The summed E-state index contributed by atoms with van der Waals surface area (Å²) in [6.07, 6.45) is -2.55. The zero-order valence-corrected chi connectivity index (χ0v) is 24.9. The molecule has 0 bridgehead atoms. The predicted molar refractivity (Wildman–Crippen MR) is 159 cm³/mol. The molecule has 232 valence electrons. The van der Waals surface area contributed by atoms with E-state index in [4.69, 9.17) is 5.10 Å². The molecular weight excluding hydrogens is 588 g/mol. The number of carbonyl (C=O) groups is 2. The minimum Gasteiger partial charge on any atom is -0.339 e. The maximum atomic E-state index is 14.3. The molecule has 0 saturated carbocycles. The van der Waals surface area contributed by atoms with E-state index >= 15 is 0 Å². The van der Waals surface area contributed by atoms with Crippen LogP contribution in [0.5, 0.6) is 0 Å². The third-order valence-corrected chi connectivity index (χ3v) is 8.18. The van der Waals surface area contributed by atoms with E-state index in [1.54, 1.807) is 32.5 Å². The number of halogens is 4. The van der Waals surface area contributed by atoms with Crippen molar-refractivity contribution in [3.8, 4) is 11.9 Å². The number of nitrogens with one attached hydrogen (secondary N) is 1. The summed E-state index contributed by atoms with van der Waals surface area (Å²) in [7, 11) is 1.60. The Morgan fingerprint density at radius 3 is 2.31 bits per heavy atom. The van der Waals surface area contributed by atoms with Crippen molar-refractivity contribution in [1.29, 1.82) is 5.26 Å². The van der Waals surface area contributed by atoms with Gasteiger partial charge in [0.1, 0.15) is 17.7 Å². The molecule has 12 heteroatoms. The lowest BCUT2D eigenvalue weighted by Crippen LogP contribution is -2.56. The van der Waals surface area contributed by atoms with Crippen LogP contribution in [0.1, 0.15) is 59.4 Å². The number of fused-ring (bicyclic) bond motifs is 1. The molecule has 0 fully saturated rings. The molecule has 2 amide bonds. The number of benzene rings is 3. The number of nitrogens with zero attached hydrogens (tertiary/aromatic N) is 5. The van der Waals surface area contributed by atoms with E-state index in [1.807, 2.05) is 30.3 Å². The Kier molecular flexibility index (Phi) is 8.14. The quantitative estimate of drug-likeness (QED) is 0.156. The molecule has 45 heavy (non-hydrogen) atoms. The van der Waals surface area contributed by atoms with E-state index in [1.165, 1.54) is 40.1 Å². The highest BCUT2D eigenvalue weighted by Gasteiger charge is 2.49. The summed E-state index contributed by atoms with van der Waals surface area (Å²) in [5.74, 6) is -2.50. The second-order valence-electron chi connectivity index (χ2n) is 11.2. The molecule has 0 radical (unpaired) electrons. The van der Waals surface area contributed by atoms with Crippen LogP contribution in [0.3, 0.4) is 0 Å². The van der Waals surface area contributed by atoms with Gasteiger partial charge in [-0.15, -0.1) is 0 Å². The Morgan fingerprint density at radius 2 is 1.71 bits per heavy atom. The summed E-state index contributed by atoms with van der Waals surface area (Å²) < 4.78 is 56.2. The van der Waals surface area contributed by atoms with Crippen LogP contribution < -0.4 is 10.2 Å². The second-order valence-corrected chi connectivity index (χ2v) is 11.2. The number of likely N-dealkylation sites (N-methyl/N-ethyl adjacent to an activating group) is 1. The minimum atomic E-state index is -4.68. The van der Waals surface area contributed by atoms with Crippen LogP contribution in [0.4, 0.5) is 23.4 Å². The first kappa shape index (κ1) is 31.3. The molecule has 4 aromatic rings. The van der Waals surface area contributed by atoms with Crippen LogP contribution in [0.25, 0.3) is 5.69 Å². The largest absolute Gasteiger partial charge is 0.416 e. The van der Waals surface area contributed by atoms with Crippen molar-refractivity contribution < 1.29 is 27.2 Å².